The number of hydrogen-bond donors (Lipinski definition) is 0. The minimum absolute atomic E-state index is 0.0231. The van der Waals surface area contributed by atoms with Crippen molar-refractivity contribution in [2.24, 2.45) is 0 Å². The first-order valence-corrected chi connectivity index (χ1v) is 6.27. The van der Waals surface area contributed by atoms with Crippen LogP contribution < -0.4 is 0 Å². The first-order chi connectivity index (χ1) is 8.58. The quantitative estimate of drug-likeness (QED) is 0.817. The standard InChI is InChI=1S/C14H19FN2O/c1-16(2)14(18)13-4-3-9-17(13)10-11-5-7-12(15)8-6-11/h5-8,13H,3-4,9-10H2,1-2H3/t13-/m1/s1. The van der Waals surface area contributed by atoms with Gasteiger partial charge >= 0.3 is 0 Å². The highest BCUT2D eigenvalue weighted by Crippen LogP contribution is 2.21. The second-order valence-corrected chi connectivity index (χ2v) is 4.99. The fourth-order valence-corrected chi connectivity index (χ4v) is 2.42. The average Bonchev–Trinajstić information content (AvgIpc) is 2.79. The van der Waals surface area contributed by atoms with Gasteiger partial charge in [0.05, 0.1) is 6.04 Å². The van der Waals surface area contributed by atoms with Crippen molar-refractivity contribution in [3.8, 4) is 0 Å². The van der Waals surface area contributed by atoms with Crippen LogP contribution in [-0.2, 0) is 11.3 Å². The molecular weight excluding hydrogens is 231 g/mol. The summed E-state index contributed by atoms with van der Waals surface area (Å²) in [7, 11) is 3.58. The van der Waals surface area contributed by atoms with Gasteiger partial charge in [-0.3, -0.25) is 9.69 Å². The lowest BCUT2D eigenvalue weighted by molar-refractivity contribution is -0.133. The van der Waals surface area contributed by atoms with Crippen molar-refractivity contribution >= 4 is 5.91 Å². The predicted molar refractivity (Wildman–Crippen MR) is 68.5 cm³/mol. The minimum atomic E-state index is -0.221. The smallest absolute Gasteiger partial charge is 0.239 e. The Bertz CT molecular complexity index is 416. The molecule has 0 saturated carbocycles. The van der Waals surface area contributed by atoms with E-state index in [0.717, 1.165) is 24.9 Å². The molecule has 1 aliphatic heterocycles. The van der Waals surface area contributed by atoms with Crippen LogP contribution in [0.15, 0.2) is 24.3 Å². The maximum absolute atomic E-state index is 12.8. The van der Waals surface area contributed by atoms with E-state index in [1.165, 1.54) is 12.1 Å². The van der Waals surface area contributed by atoms with Gasteiger partial charge in [-0.1, -0.05) is 12.1 Å². The van der Waals surface area contributed by atoms with Gasteiger partial charge in [0.1, 0.15) is 5.82 Å². The number of likely N-dealkylation sites (tertiary alicyclic amines) is 1. The van der Waals surface area contributed by atoms with E-state index in [1.807, 2.05) is 0 Å². The summed E-state index contributed by atoms with van der Waals surface area (Å²) in [6.45, 7) is 1.64. The number of amides is 1. The third kappa shape index (κ3) is 2.88. The van der Waals surface area contributed by atoms with E-state index in [9.17, 15) is 9.18 Å². The van der Waals surface area contributed by atoms with Crippen LogP contribution in [0.5, 0.6) is 0 Å². The molecule has 0 unspecified atom stereocenters. The van der Waals surface area contributed by atoms with Crippen LogP contribution in [0.4, 0.5) is 4.39 Å². The topological polar surface area (TPSA) is 23.6 Å². The SMILES string of the molecule is CN(C)C(=O)[C@H]1CCCN1Cc1ccc(F)cc1. The average molecular weight is 250 g/mol. The molecule has 1 aromatic rings. The fourth-order valence-electron chi connectivity index (χ4n) is 2.42. The van der Waals surface area contributed by atoms with Crippen LogP contribution in [0, 0.1) is 5.82 Å². The van der Waals surface area contributed by atoms with Crippen LogP contribution in [0.2, 0.25) is 0 Å². The van der Waals surface area contributed by atoms with Crippen molar-refractivity contribution in [3.05, 3.63) is 35.6 Å². The van der Waals surface area contributed by atoms with E-state index in [-0.39, 0.29) is 17.8 Å². The van der Waals surface area contributed by atoms with Crippen molar-refractivity contribution in [2.75, 3.05) is 20.6 Å². The lowest BCUT2D eigenvalue weighted by Crippen LogP contribution is -2.42. The number of benzene rings is 1. The summed E-state index contributed by atoms with van der Waals surface area (Å²) < 4.78 is 12.8. The van der Waals surface area contributed by atoms with Gasteiger partial charge in [-0.25, -0.2) is 4.39 Å². The number of rotatable bonds is 3. The Morgan fingerprint density at radius 3 is 2.67 bits per heavy atom. The molecule has 0 N–H and O–H groups in total. The number of nitrogens with zero attached hydrogens (tertiary/aromatic N) is 2. The number of carbonyl (C=O) groups is 1. The Hall–Kier alpha value is -1.42. The zero-order chi connectivity index (χ0) is 13.1. The van der Waals surface area contributed by atoms with Crippen molar-refractivity contribution in [1.29, 1.82) is 0 Å². The van der Waals surface area contributed by atoms with Gasteiger partial charge in [-0.15, -0.1) is 0 Å². The van der Waals surface area contributed by atoms with Crippen LogP contribution in [-0.4, -0.2) is 42.4 Å². The molecule has 1 aliphatic rings. The number of carbonyl (C=O) groups excluding carboxylic acids is 1. The van der Waals surface area contributed by atoms with Crippen LogP contribution in [0.1, 0.15) is 18.4 Å². The van der Waals surface area contributed by atoms with Gasteiger partial charge in [-0.05, 0) is 37.1 Å². The molecule has 0 bridgehead atoms. The summed E-state index contributed by atoms with van der Waals surface area (Å²) in [5.74, 6) is -0.0595. The fraction of sp³-hybridized carbons (Fsp3) is 0.500. The van der Waals surface area contributed by atoms with Crippen LogP contribution >= 0.6 is 0 Å². The van der Waals surface area contributed by atoms with Crippen LogP contribution in [0.25, 0.3) is 0 Å². The largest absolute Gasteiger partial charge is 0.347 e. The number of hydrogen-bond acceptors (Lipinski definition) is 2. The van der Waals surface area contributed by atoms with E-state index in [4.69, 9.17) is 0 Å². The van der Waals surface area contributed by atoms with E-state index in [0.29, 0.717) is 6.54 Å². The third-order valence-electron chi connectivity index (χ3n) is 3.39. The van der Waals surface area contributed by atoms with E-state index in [2.05, 4.69) is 4.90 Å². The Morgan fingerprint density at radius 2 is 2.06 bits per heavy atom. The molecule has 1 fully saturated rings. The van der Waals surface area contributed by atoms with E-state index >= 15 is 0 Å². The second-order valence-electron chi connectivity index (χ2n) is 4.99. The molecule has 0 spiro atoms. The first-order valence-electron chi connectivity index (χ1n) is 6.27. The Balaban J connectivity index is 2.04. The molecule has 18 heavy (non-hydrogen) atoms. The van der Waals surface area contributed by atoms with Gasteiger partial charge in [0.25, 0.3) is 0 Å². The maximum atomic E-state index is 12.8. The lowest BCUT2D eigenvalue weighted by atomic mass is 10.1. The summed E-state index contributed by atoms with van der Waals surface area (Å²) in [6.07, 6.45) is 1.96. The Labute approximate surface area is 107 Å². The molecule has 1 heterocycles. The Kier molecular flexibility index (Phi) is 3.97. The van der Waals surface area contributed by atoms with Crippen molar-refractivity contribution in [2.45, 2.75) is 25.4 Å². The zero-order valence-corrected chi connectivity index (χ0v) is 10.9. The molecule has 1 saturated heterocycles. The molecule has 98 valence electrons. The van der Waals surface area contributed by atoms with Crippen molar-refractivity contribution < 1.29 is 9.18 Å². The van der Waals surface area contributed by atoms with Crippen LogP contribution in [0.3, 0.4) is 0 Å². The molecule has 2 rings (SSSR count). The Morgan fingerprint density at radius 1 is 1.39 bits per heavy atom. The molecule has 0 aliphatic carbocycles. The summed E-state index contributed by atoms with van der Waals surface area (Å²) in [4.78, 5) is 15.8. The molecule has 1 aromatic carbocycles. The molecular formula is C14H19FN2O. The highest BCUT2D eigenvalue weighted by molar-refractivity contribution is 5.81. The molecule has 3 nitrogen and oxygen atoms in total. The zero-order valence-electron chi connectivity index (χ0n) is 10.9. The van der Waals surface area contributed by atoms with Gasteiger partial charge < -0.3 is 4.90 Å². The van der Waals surface area contributed by atoms with Gasteiger partial charge in [0.2, 0.25) is 5.91 Å². The summed E-state index contributed by atoms with van der Waals surface area (Å²) in [6, 6.07) is 6.47. The van der Waals surface area contributed by atoms with E-state index < -0.39 is 0 Å². The summed E-state index contributed by atoms with van der Waals surface area (Å²) in [5, 5.41) is 0. The lowest BCUT2D eigenvalue weighted by Gasteiger charge is -2.26. The van der Waals surface area contributed by atoms with Crippen molar-refractivity contribution in [3.63, 3.8) is 0 Å². The maximum Gasteiger partial charge on any atom is 0.239 e. The highest BCUT2D eigenvalue weighted by Gasteiger charge is 2.31. The molecule has 1 atom stereocenters. The summed E-state index contributed by atoms with van der Waals surface area (Å²) in [5.41, 5.74) is 1.05. The third-order valence-corrected chi connectivity index (χ3v) is 3.39. The highest BCUT2D eigenvalue weighted by atomic mass is 19.1. The molecule has 0 aromatic heterocycles. The number of likely N-dealkylation sites (N-methyl/N-ethyl adjacent to an activating group) is 1. The van der Waals surface area contributed by atoms with Gasteiger partial charge in [0.15, 0.2) is 0 Å². The molecule has 0 radical (unpaired) electrons. The van der Waals surface area contributed by atoms with Gasteiger partial charge in [0, 0.05) is 20.6 Å². The minimum Gasteiger partial charge on any atom is -0.347 e. The normalized spacial score (nSPS) is 20.1. The predicted octanol–water partition coefficient (Wildman–Crippen LogP) is 1.88. The van der Waals surface area contributed by atoms with Gasteiger partial charge in [-0.2, -0.15) is 0 Å². The molecule has 1 amide bonds. The second kappa shape index (κ2) is 5.48. The first kappa shape index (κ1) is 13.0. The van der Waals surface area contributed by atoms with Crippen molar-refractivity contribution in [1.82, 2.24) is 9.80 Å². The van der Waals surface area contributed by atoms with E-state index in [1.54, 1.807) is 31.1 Å². The molecule has 4 heteroatoms. The number of halogens is 1. The summed E-state index contributed by atoms with van der Waals surface area (Å²) >= 11 is 0. The monoisotopic (exact) mass is 250 g/mol.